The summed E-state index contributed by atoms with van der Waals surface area (Å²) in [4.78, 5) is 0. The largest absolute Gasteiger partial charge is 0.489 e. The van der Waals surface area contributed by atoms with Gasteiger partial charge in [0.15, 0.2) is 0 Å². The van der Waals surface area contributed by atoms with Gasteiger partial charge in [-0.2, -0.15) is 0 Å². The van der Waals surface area contributed by atoms with Crippen molar-refractivity contribution in [3.05, 3.63) is 60.2 Å². The summed E-state index contributed by atoms with van der Waals surface area (Å²) in [5, 5.41) is 1.54. The minimum Gasteiger partial charge on any atom is -0.489 e. The molecule has 0 radical (unpaired) electrons. The highest BCUT2D eigenvalue weighted by molar-refractivity contribution is 6.91. The molecule has 0 saturated carbocycles. The Labute approximate surface area is 130 Å². The molecule has 1 nitrogen and oxygen atoms in total. The Kier molecular flexibility index (Phi) is 5.63. The first-order valence-corrected chi connectivity index (χ1v) is 10.6. The van der Waals surface area contributed by atoms with E-state index >= 15 is 0 Å². The van der Waals surface area contributed by atoms with Gasteiger partial charge in [0.1, 0.15) is 12.4 Å². The Hall–Kier alpha value is -1.54. The maximum atomic E-state index is 5.98. The molecule has 0 saturated heterocycles. The molecule has 2 aromatic carbocycles. The number of hydrogen-bond donors (Lipinski definition) is 0. The molecule has 2 rings (SSSR count). The van der Waals surface area contributed by atoms with Gasteiger partial charge >= 0.3 is 0 Å². The fourth-order valence-electron chi connectivity index (χ4n) is 3.02. The summed E-state index contributed by atoms with van der Waals surface area (Å²) in [6, 6.07) is 23.1. The van der Waals surface area contributed by atoms with Crippen molar-refractivity contribution in [2.24, 2.45) is 0 Å². The summed E-state index contributed by atoms with van der Waals surface area (Å²) >= 11 is 0. The molecule has 2 aromatic rings. The zero-order chi connectivity index (χ0) is 15.1. The zero-order valence-corrected chi connectivity index (χ0v) is 14.4. The summed E-state index contributed by atoms with van der Waals surface area (Å²) in [6.45, 7) is 7.67. The van der Waals surface area contributed by atoms with Gasteiger partial charge in [0.05, 0.1) is 8.07 Å². The summed E-state index contributed by atoms with van der Waals surface area (Å²) in [6.07, 6.45) is 0. The predicted molar refractivity (Wildman–Crippen MR) is 94.0 cm³/mol. The fourth-order valence-corrected chi connectivity index (χ4v) is 6.64. The average molecular weight is 299 g/mol. The molecule has 0 heterocycles. The lowest BCUT2D eigenvalue weighted by Crippen LogP contribution is -2.45. The summed E-state index contributed by atoms with van der Waals surface area (Å²) in [5.74, 6) is 1.00. The average Bonchev–Trinajstić information content (AvgIpc) is 2.57. The maximum absolute atomic E-state index is 5.98. The minimum absolute atomic E-state index is 0.642. The lowest BCUT2D eigenvalue weighted by Gasteiger charge is -2.29. The molecular formula is C19H26OSi. The van der Waals surface area contributed by atoms with Crippen LogP contribution in [0.5, 0.6) is 5.75 Å². The van der Waals surface area contributed by atoms with Gasteiger partial charge in [-0.05, 0) is 17.7 Å². The van der Waals surface area contributed by atoms with Gasteiger partial charge in [0, 0.05) is 0 Å². The van der Waals surface area contributed by atoms with Gasteiger partial charge in [-0.1, -0.05) is 86.6 Å². The number of ether oxygens (including phenoxy) is 1. The smallest absolute Gasteiger partial charge is 0.119 e. The van der Waals surface area contributed by atoms with Crippen molar-refractivity contribution in [1.82, 2.24) is 0 Å². The van der Waals surface area contributed by atoms with Crippen LogP contribution < -0.4 is 9.92 Å². The van der Waals surface area contributed by atoms with E-state index < -0.39 is 8.07 Å². The zero-order valence-electron chi connectivity index (χ0n) is 13.4. The van der Waals surface area contributed by atoms with E-state index in [9.17, 15) is 0 Å². The molecule has 112 valence electrons. The fraction of sp³-hybridized carbons (Fsp3) is 0.368. The van der Waals surface area contributed by atoms with Crippen molar-refractivity contribution < 1.29 is 4.74 Å². The summed E-state index contributed by atoms with van der Waals surface area (Å²) in [5.41, 5.74) is 1.22. The van der Waals surface area contributed by atoms with Gasteiger partial charge in [-0.25, -0.2) is 0 Å². The molecular weight excluding hydrogens is 272 g/mol. The quantitative estimate of drug-likeness (QED) is 0.655. The topological polar surface area (TPSA) is 9.23 Å². The molecule has 0 aliphatic rings. The first-order chi connectivity index (χ1) is 10.2. The molecule has 0 aliphatic heterocycles. The Morgan fingerprint density at radius 1 is 0.810 bits per heavy atom. The van der Waals surface area contributed by atoms with Crippen molar-refractivity contribution in [3.8, 4) is 5.75 Å². The SMILES string of the molecule is CC[Si](CC)(CC)c1cccc(OCc2ccccc2)c1. The first kappa shape index (κ1) is 15.8. The summed E-state index contributed by atoms with van der Waals surface area (Å²) < 4.78 is 5.98. The molecule has 0 bridgehead atoms. The standard InChI is InChI=1S/C19H26OSi/c1-4-21(5-2,6-3)19-14-10-13-18(15-19)20-16-17-11-8-7-9-12-17/h7-15H,4-6,16H2,1-3H3. The van der Waals surface area contributed by atoms with E-state index in [2.05, 4.69) is 69.3 Å². The molecule has 0 spiro atoms. The Bertz CT molecular complexity index is 538. The molecule has 0 aromatic heterocycles. The van der Waals surface area contributed by atoms with Crippen LogP contribution in [-0.2, 0) is 6.61 Å². The lowest BCUT2D eigenvalue weighted by molar-refractivity contribution is 0.306. The van der Waals surface area contributed by atoms with E-state index in [1.807, 2.05) is 6.07 Å². The van der Waals surface area contributed by atoms with Crippen LogP contribution >= 0.6 is 0 Å². The van der Waals surface area contributed by atoms with E-state index in [-0.39, 0.29) is 0 Å². The predicted octanol–water partition coefficient (Wildman–Crippen LogP) is 4.98. The van der Waals surface area contributed by atoms with Crippen LogP contribution in [0.25, 0.3) is 0 Å². The second-order valence-corrected chi connectivity index (χ2v) is 10.9. The Balaban J connectivity index is 2.14. The first-order valence-electron chi connectivity index (χ1n) is 8.01. The van der Waals surface area contributed by atoms with Crippen LogP contribution in [0.3, 0.4) is 0 Å². The number of benzene rings is 2. The Morgan fingerprint density at radius 2 is 1.48 bits per heavy atom. The monoisotopic (exact) mass is 298 g/mol. The number of rotatable bonds is 7. The highest BCUT2D eigenvalue weighted by Crippen LogP contribution is 2.22. The van der Waals surface area contributed by atoms with E-state index in [0.29, 0.717) is 6.61 Å². The van der Waals surface area contributed by atoms with Crippen LogP contribution in [0.2, 0.25) is 18.1 Å². The molecule has 0 atom stereocenters. The van der Waals surface area contributed by atoms with Crippen LogP contribution in [0.1, 0.15) is 26.3 Å². The third-order valence-corrected chi connectivity index (χ3v) is 10.3. The van der Waals surface area contributed by atoms with Crippen LogP contribution in [0, 0.1) is 0 Å². The van der Waals surface area contributed by atoms with Gasteiger partial charge < -0.3 is 4.74 Å². The van der Waals surface area contributed by atoms with E-state index in [0.717, 1.165) is 5.75 Å². The Morgan fingerprint density at radius 3 is 2.10 bits per heavy atom. The van der Waals surface area contributed by atoms with Crippen LogP contribution in [0.15, 0.2) is 54.6 Å². The molecule has 2 heteroatoms. The van der Waals surface area contributed by atoms with Crippen molar-refractivity contribution in [1.29, 1.82) is 0 Å². The van der Waals surface area contributed by atoms with E-state index in [1.54, 1.807) is 5.19 Å². The second kappa shape index (κ2) is 7.46. The van der Waals surface area contributed by atoms with Gasteiger partial charge in [0.25, 0.3) is 0 Å². The summed E-state index contributed by atoms with van der Waals surface area (Å²) in [7, 11) is -1.31. The lowest BCUT2D eigenvalue weighted by atomic mass is 10.2. The van der Waals surface area contributed by atoms with Crippen molar-refractivity contribution in [2.75, 3.05) is 0 Å². The highest BCUT2D eigenvalue weighted by atomic mass is 28.3. The third kappa shape index (κ3) is 3.76. The molecule has 21 heavy (non-hydrogen) atoms. The van der Waals surface area contributed by atoms with Crippen molar-refractivity contribution >= 4 is 13.3 Å². The van der Waals surface area contributed by atoms with Crippen LogP contribution in [0.4, 0.5) is 0 Å². The number of hydrogen-bond acceptors (Lipinski definition) is 1. The molecule has 0 amide bonds. The molecule has 0 aliphatic carbocycles. The highest BCUT2D eigenvalue weighted by Gasteiger charge is 2.29. The van der Waals surface area contributed by atoms with Crippen molar-refractivity contribution in [3.63, 3.8) is 0 Å². The normalized spacial score (nSPS) is 11.4. The molecule has 0 fully saturated rings. The van der Waals surface area contributed by atoms with Gasteiger partial charge in [-0.3, -0.25) is 0 Å². The maximum Gasteiger partial charge on any atom is 0.119 e. The molecule has 0 unspecified atom stereocenters. The van der Waals surface area contributed by atoms with Crippen LogP contribution in [-0.4, -0.2) is 8.07 Å². The van der Waals surface area contributed by atoms with E-state index in [4.69, 9.17) is 4.74 Å². The molecule has 0 N–H and O–H groups in total. The van der Waals surface area contributed by atoms with Crippen molar-refractivity contribution in [2.45, 2.75) is 45.5 Å². The van der Waals surface area contributed by atoms with Gasteiger partial charge in [-0.15, -0.1) is 0 Å². The third-order valence-electron chi connectivity index (χ3n) is 4.73. The van der Waals surface area contributed by atoms with E-state index in [1.165, 1.54) is 23.7 Å². The second-order valence-electron chi connectivity index (χ2n) is 5.64. The minimum atomic E-state index is -1.31. The van der Waals surface area contributed by atoms with Gasteiger partial charge in [0.2, 0.25) is 0 Å².